The fourth-order valence-electron chi connectivity index (χ4n) is 0.800. The normalized spacial score (nSPS) is 11.5. The van der Waals surface area contributed by atoms with E-state index in [1.165, 1.54) is 6.07 Å². The third-order valence-electron chi connectivity index (χ3n) is 1.48. The van der Waals surface area contributed by atoms with Gasteiger partial charge in [0.2, 0.25) is 0 Å². The van der Waals surface area contributed by atoms with E-state index in [9.17, 15) is 8.42 Å². The lowest BCUT2D eigenvalue weighted by atomic mass is 10.2. The first-order valence-corrected chi connectivity index (χ1v) is 5.34. The molecule has 0 fully saturated rings. The molecule has 0 aliphatic heterocycles. The first-order chi connectivity index (χ1) is 5.54. The van der Waals surface area contributed by atoms with Crippen molar-refractivity contribution in [2.45, 2.75) is 11.4 Å². The van der Waals surface area contributed by atoms with Crippen molar-refractivity contribution in [2.75, 3.05) is 6.26 Å². The van der Waals surface area contributed by atoms with Gasteiger partial charge in [0.05, 0.1) is 4.90 Å². The quantitative estimate of drug-likeness (QED) is 0.721. The third-order valence-corrected chi connectivity index (χ3v) is 2.54. The van der Waals surface area contributed by atoms with Gasteiger partial charge in [-0.2, -0.15) is 0 Å². The topological polar surface area (TPSA) is 60.2 Å². The van der Waals surface area contributed by atoms with Crippen LogP contribution in [0.3, 0.4) is 0 Å². The summed E-state index contributed by atoms with van der Waals surface area (Å²) >= 11 is 0. The smallest absolute Gasteiger partial charge is 0.176 e. The second kappa shape index (κ2) is 3.25. The zero-order chi connectivity index (χ0) is 9.19. The van der Waals surface area contributed by atoms with Crippen molar-refractivity contribution < 1.29 is 8.42 Å². The molecule has 2 N–H and O–H groups in total. The molecule has 65 valence electrons. The van der Waals surface area contributed by atoms with Crippen LogP contribution in [0.15, 0.2) is 23.1 Å². The van der Waals surface area contributed by atoms with Crippen LogP contribution >= 0.6 is 0 Å². The van der Waals surface area contributed by atoms with Crippen molar-refractivity contribution in [3.8, 4) is 0 Å². The molecule has 1 rings (SSSR count). The van der Waals surface area contributed by atoms with Crippen molar-refractivity contribution in [1.29, 1.82) is 0 Å². The maximum atomic E-state index is 11.0. The minimum atomic E-state index is -3.12. The molecular weight excluding hydrogens is 174 g/mol. The molecule has 0 atom stereocenters. The molecule has 0 spiro atoms. The summed E-state index contributed by atoms with van der Waals surface area (Å²) in [5.74, 6) is 0. The number of hydrogen-bond acceptors (Lipinski definition) is 3. The maximum absolute atomic E-state index is 11.0. The number of sulfone groups is 1. The number of nitrogens with two attached hydrogens (primary N) is 1. The number of rotatable bonds is 2. The SMILES string of the molecule is CS(=O)(=O)c1[c]cc(CN)cc1. The Labute approximate surface area is 72.1 Å². The number of benzene rings is 1. The van der Waals surface area contributed by atoms with E-state index in [-0.39, 0.29) is 4.90 Å². The highest BCUT2D eigenvalue weighted by Crippen LogP contribution is 2.08. The van der Waals surface area contributed by atoms with Crippen LogP contribution in [-0.4, -0.2) is 14.7 Å². The fraction of sp³-hybridized carbons (Fsp3) is 0.250. The summed E-state index contributed by atoms with van der Waals surface area (Å²) in [4.78, 5) is 0.208. The van der Waals surface area contributed by atoms with Gasteiger partial charge in [0.1, 0.15) is 0 Å². The zero-order valence-corrected chi connectivity index (χ0v) is 7.56. The Hall–Kier alpha value is -0.870. The lowest BCUT2D eigenvalue weighted by Gasteiger charge is -1.98. The standard InChI is InChI=1S/C8H10NO2S/c1-12(10,11)8-4-2-7(6-9)3-5-8/h2-4H,6,9H2,1H3. The molecule has 0 amide bonds. The van der Waals surface area contributed by atoms with Gasteiger partial charge in [-0.1, -0.05) is 6.07 Å². The Bertz CT molecular complexity index is 353. The van der Waals surface area contributed by atoms with Crippen LogP contribution in [-0.2, 0) is 16.4 Å². The molecule has 0 saturated carbocycles. The largest absolute Gasteiger partial charge is 0.326 e. The molecule has 1 aromatic carbocycles. The highest BCUT2D eigenvalue weighted by molar-refractivity contribution is 7.90. The van der Waals surface area contributed by atoms with E-state index in [2.05, 4.69) is 6.07 Å². The monoisotopic (exact) mass is 184 g/mol. The molecule has 0 aliphatic rings. The molecule has 0 aliphatic carbocycles. The van der Waals surface area contributed by atoms with Gasteiger partial charge in [0.25, 0.3) is 0 Å². The predicted octanol–water partition coefficient (Wildman–Crippen LogP) is 0.349. The van der Waals surface area contributed by atoms with Crippen molar-refractivity contribution in [3.05, 3.63) is 29.8 Å². The Morgan fingerprint density at radius 3 is 2.50 bits per heavy atom. The van der Waals surface area contributed by atoms with Crippen LogP contribution < -0.4 is 5.73 Å². The molecule has 0 aromatic heterocycles. The van der Waals surface area contributed by atoms with E-state index in [0.29, 0.717) is 6.54 Å². The minimum Gasteiger partial charge on any atom is -0.326 e. The Morgan fingerprint density at radius 1 is 1.50 bits per heavy atom. The summed E-state index contributed by atoms with van der Waals surface area (Å²) < 4.78 is 21.9. The van der Waals surface area contributed by atoms with Crippen LogP contribution in [0.25, 0.3) is 0 Å². The summed E-state index contributed by atoms with van der Waals surface area (Å²) in [5, 5.41) is 0. The van der Waals surface area contributed by atoms with Crippen LogP contribution in [0.4, 0.5) is 0 Å². The van der Waals surface area contributed by atoms with Gasteiger partial charge < -0.3 is 5.73 Å². The summed E-state index contributed by atoms with van der Waals surface area (Å²) in [6.07, 6.45) is 1.15. The van der Waals surface area contributed by atoms with Crippen LogP contribution in [0.2, 0.25) is 0 Å². The maximum Gasteiger partial charge on any atom is 0.176 e. The Balaban J connectivity index is 3.09. The number of hydrogen-bond donors (Lipinski definition) is 1. The first-order valence-electron chi connectivity index (χ1n) is 3.45. The van der Waals surface area contributed by atoms with Crippen LogP contribution in [0.5, 0.6) is 0 Å². The van der Waals surface area contributed by atoms with E-state index in [0.717, 1.165) is 11.8 Å². The lowest BCUT2D eigenvalue weighted by molar-refractivity contribution is 0.601. The van der Waals surface area contributed by atoms with Crippen LogP contribution in [0, 0.1) is 6.07 Å². The molecule has 0 bridgehead atoms. The summed E-state index contributed by atoms with van der Waals surface area (Å²) in [5.41, 5.74) is 6.22. The summed E-state index contributed by atoms with van der Waals surface area (Å²) in [6, 6.07) is 7.45. The van der Waals surface area contributed by atoms with Gasteiger partial charge in [0.15, 0.2) is 9.84 Å². The zero-order valence-electron chi connectivity index (χ0n) is 6.74. The average molecular weight is 184 g/mol. The third kappa shape index (κ3) is 2.06. The van der Waals surface area contributed by atoms with Gasteiger partial charge in [0, 0.05) is 18.9 Å². The molecule has 1 aromatic rings. The second-order valence-electron chi connectivity index (χ2n) is 2.54. The molecule has 3 nitrogen and oxygen atoms in total. The van der Waals surface area contributed by atoms with Crippen molar-refractivity contribution in [3.63, 3.8) is 0 Å². The summed E-state index contributed by atoms with van der Waals surface area (Å²) in [6.45, 7) is 0.403. The van der Waals surface area contributed by atoms with E-state index in [4.69, 9.17) is 5.73 Å². The van der Waals surface area contributed by atoms with Crippen LogP contribution in [0.1, 0.15) is 5.56 Å². The highest BCUT2D eigenvalue weighted by atomic mass is 32.2. The fourth-order valence-corrected chi connectivity index (χ4v) is 1.39. The molecule has 0 saturated heterocycles. The molecule has 1 radical (unpaired) electrons. The minimum absolute atomic E-state index is 0.208. The first kappa shape index (κ1) is 9.22. The van der Waals surface area contributed by atoms with Gasteiger partial charge in [-0.25, -0.2) is 8.42 Å². The van der Waals surface area contributed by atoms with Gasteiger partial charge in [-0.05, 0) is 17.7 Å². The Kier molecular flexibility index (Phi) is 2.49. The van der Waals surface area contributed by atoms with E-state index in [1.807, 2.05) is 0 Å². The molecule has 0 heterocycles. The molecular formula is C8H10NO2S. The molecule has 0 unspecified atom stereocenters. The predicted molar refractivity (Wildman–Crippen MR) is 46.3 cm³/mol. The summed E-state index contributed by atoms with van der Waals surface area (Å²) in [7, 11) is -3.12. The molecule has 12 heavy (non-hydrogen) atoms. The Morgan fingerprint density at radius 2 is 2.17 bits per heavy atom. The van der Waals surface area contributed by atoms with Crippen molar-refractivity contribution in [1.82, 2.24) is 0 Å². The highest BCUT2D eigenvalue weighted by Gasteiger charge is 2.05. The van der Waals surface area contributed by atoms with Crippen molar-refractivity contribution >= 4 is 9.84 Å². The van der Waals surface area contributed by atoms with Gasteiger partial charge in [-0.15, -0.1) is 0 Å². The average Bonchev–Trinajstić information content (AvgIpc) is 2.03. The van der Waals surface area contributed by atoms with E-state index >= 15 is 0 Å². The van der Waals surface area contributed by atoms with Crippen molar-refractivity contribution in [2.24, 2.45) is 5.73 Å². The second-order valence-corrected chi connectivity index (χ2v) is 4.52. The van der Waals surface area contributed by atoms with Gasteiger partial charge in [-0.3, -0.25) is 0 Å². The lowest BCUT2D eigenvalue weighted by Crippen LogP contribution is -1.99. The van der Waals surface area contributed by atoms with E-state index < -0.39 is 9.84 Å². The van der Waals surface area contributed by atoms with E-state index in [1.54, 1.807) is 12.1 Å². The molecule has 4 heteroatoms. The van der Waals surface area contributed by atoms with Gasteiger partial charge >= 0.3 is 0 Å².